The number of aromatic nitrogens is 4. The molecular weight excluding hydrogens is 528 g/mol. The summed E-state index contributed by atoms with van der Waals surface area (Å²) in [5.74, 6) is -0.919. The van der Waals surface area contributed by atoms with Crippen LogP contribution in [0.1, 0.15) is 54.5 Å². The number of hydrogen-bond acceptors (Lipinski definition) is 9. The number of nitrogens with one attached hydrogen (secondary N) is 2. The van der Waals surface area contributed by atoms with E-state index in [1.807, 2.05) is 13.8 Å². The average Bonchev–Trinajstić information content (AvgIpc) is 3.42. The molecule has 0 saturated carbocycles. The maximum Gasteiger partial charge on any atom is 0.312 e. The largest absolute Gasteiger partial charge is 0.481 e. The number of carboxylic acids is 1. The van der Waals surface area contributed by atoms with E-state index in [-0.39, 0.29) is 17.1 Å². The Balaban J connectivity index is 0.000000156. The number of nitrogens with zero attached hydrogens (tertiary/aromatic N) is 2. The summed E-state index contributed by atoms with van der Waals surface area (Å²) < 4.78 is 5.18. The number of aliphatic carboxylic acids is 1. The van der Waals surface area contributed by atoms with Gasteiger partial charge >= 0.3 is 11.9 Å². The van der Waals surface area contributed by atoms with Crippen LogP contribution in [-0.2, 0) is 40.0 Å². The molecule has 0 spiro atoms. The fourth-order valence-electron chi connectivity index (χ4n) is 5.25. The molecule has 0 saturated heterocycles. The lowest BCUT2D eigenvalue weighted by Gasteiger charge is -2.30. The molecule has 0 amide bonds. The van der Waals surface area contributed by atoms with Crippen molar-refractivity contribution in [2.75, 3.05) is 6.61 Å². The lowest BCUT2D eigenvalue weighted by atomic mass is 9.75. The van der Waals surface area contributed by atoms with Crippen LogP contribution < -0.4 is 11.1 Å². The van der Waals surface area contributed by atoms with Gasteiger partial charge in [0.2, 0.25) is 0 Å². The third-order valence-corrected chi connectivity index (χ3v) is 9.87. The average molecular weight is 557 g/mol. The van der Waals surface area contributed by atoms with Crippen LogP contribution in [0.15, 0.2) is 22.2 Å². The van der Waals surface area contributed by atoms with E-state index in [1.54, 1.807) is 6.92 Å². The SMILES string of the molecule is CC1(C(=O)O)CCc2c(sc3nc[nH]c(=O)c23)C1.CCOC(=O)C1(C)CCc2c(sc3nc[nH]c(=O)c23)C1. The first-order chi connectivity index (χ1) is 18.1. The number of rotatable bonds is 3. The van der Waals surface area contributed by atoms with Gasteiger partial charge in [0.15, 0.2) is 0 Å². The highest BCUT2D eigenvalue weighted by molar-refractivity contribution is 7.19. The molecule has 6 rings (SSSR count). The second kappa shape index (κ2) is 9.73. The van der Waals surface area contributed by atoms with Gasteiger partial charge < -0.3 is 19.8 Å². The van der Waals surface area contributed by atoms with Crippen molar-refractivity contribution >= 4 is 55.0 Å². The maximum absolute atomic E-state index is 12.1. The van der Waals surface area contributed by atoms with Crippen molar-refractivity contribution in [3.63, 3.8) is 0 Å². The topological polar surface area (TPSA) is 155 Å². The van der Waals surface area contributed by atoms with Crippen LogP contribution in [0.2, 0.25) is 0 Å². The van der Waals surface area contributed by atoms with Crippen molar-refractivity contribution in [1.82, 2.24) is 19.9 Å². The van der Waals surface area contributed by atoms with E-state index >= 15 is 0 Å². The fourth-order valence-corrected chi connectivity index (χ4v) is 8.00. The van der Waals surface area contributed by atoms with Crippen molar-refractivity contribution in [3.05, 3.63) is 54.2 Å². The highest BCUT2D eigenvalue weighted by atomic mass is 32.1. The molecule has 2 aliphatic rings. The van der Waals surface area contributed by atoms with Gasteiger partial charge in [-0.15, -0.1) is 22.7 Å². The van der Waals surface area contributed by atoms with E-state index in [0.717, 1.165) is 32.1 Å². The van der Waals surface area contributed by atoms with Gasteiger partial charge in [-0.2, -0.15) is 0 Å². The fraction of sp³-hybridized carbons (Fsp3) is 0.462. The number of aryl methyl sites for hydroxylation is 2. The molecule has 4 aromatic rings. The second-order valence-corrected chi connectivity index (χ2v) is 12.5. The number of thiophene rings is 2. The Morgan fingerprint density at radius 3 is 1.87 bits per heavy atom. The van der Waals surface area contributed by atoms with Crippen LogP contribution in [0.5, 0.6) is 0 Å². The lowest BCUT2D eigenvalue weighted by molar-refractivity contribution is -0.155. The Morgan fingerprint density at radius 1 is 0.921 bits per heavy atom. The predicted octanol–water partition coefficient (Wildman–Crippen LogP) is 3.61. The zero-order valence-corrected chi connectivity index (χ0v) is 22.9. The normalized spacial score (nSPS) is 22.3. The minimum Gasteiger partial charge on any atom is -0.481 e. The number of hydrogen-bond donors (Lipinski definition) is 3. The van der Waals surface area contributed by atoms with E-state index in [0.29, 0.717) is 54.3 Å². The lowest BCUT2D eigenvalue weighted by Crippen LogP contribution is -2.35. The molecule has 0 fully saturated rings. The van der Waals surface area contributed by atoms with Crippen LogP contribution in [0, 0.1) is 10.8 Å². The third-order valence-electron chi connectivity index (χ3n) is 7.59. The standard InChI is InChI=1S/C14H16N2O3S.C12H12N2O3S/c1-3-19-13(18)14(2)5-4-8-9(6-14)20-12-10(8)11(17)15-7-16-12;1-12(11(16)17)3-2-6-7(4-12)18-10-8(6)9(15)13-5-14-10/h7H,3-6H2,1-2H3,(H,15,16,17);5H,2-4H2,1H3,(H,16,17)(H,13,14,15). The van der Waals surface area contributed by atoms with Gasteiger partial charge in [-0.05, 0) is 70.4 Å². The number of esters is 1. The van der Waals surface area contributed by atoms with Gasteiger partial charge in [-0.25, -0.2) is 9.97 Å². The Bertz CT molecular complexity index is 1680. The summed E-state index contributed by atoms with van der Waals surface area (Å²) in [5.41, 5.74) is 0.616. The van der Waals surface area contributed by atoms with Gasteiger partial charge in [0.05, 0.1) is 40.9 Å². The zero-order valence-electron chi connectivity index (χ0n) is 21.3. The van der Waals surface area contributed by atoms with Crippen molar-refractivity contribution in [3.8, 4) is 0 Å². The van der Waals surface area contributed by atoms with Crippen molar-refractivity contribution in [1.29, 1.82) is 0 Å². The van der Waals surface area contributed by atoms with Gasteiger partial charge in [-0.1, -0.05) is 0 Å². The molecule has 2 atom stereocenters. The molecule has 2 aliphatic carbocycles. The highest BCUT2D eigenvalue weighted by Gasteiger charge is 2.40. The summed E-state index contributed by atoms with van der Waals surface area (Å²) in [5, 5.41) is 10.6. The number of aromatic amines is 2. The molecule has 2 unspecified atom stereocenters. The molecule has 38 heavy (non-hydrogen) atoms. The van der Waals surface area contributed by atoms with Gasteiger partial charge in [-0.3, -0.25) is 19.2 Å². The summed E-state index contributed by atoms with van der Waals surface area (Å²) in [4.78, 5) is 64.3. The van der Waals surface area contributed by atoms with Crippen LogP contribution in [0.25, 0.3) is 20.4 Å². The summed E-state index contributed by atoms with van der Waals surface area (Å²) in [6, 6.07) is 0. The quantitative estimate of drug-likeness (QED) is 0.323. The van der Waals surface area contributed by atoms with Crippen LogP contribution >= 0.6 is 22.7 Å². The molecule has 12 heteroatoms. The molecule has 4 aromatic heterocycles. The van der Waals surface area contributed by atoms with Crippen LogP contribution in [0.4, 0.5) is 0 Å². The summed E-state index contributed by atoms with van der Waals surface area (Å²) in [6.45, 7) is 5.92. The molecule has 10 nitrogen and oxygen atoms in total. The van der Waals surface area contributed by atoms with Crippen LogP contribution in [-0.4, -0.2) is 43.6 Å². The van der Waals surface area contributed by atoms with E-state index in [9.17, 15) is 24.3 Å². The highest BCUT2D eigenvalue weighted by Crippen LogP contribution is 2.43. The summed E-state index contributed by atoms with van der Waals surface area (Å²) in [7, 11) is 0. The van der Waals surface area contributed by atoms with Crippen LogP contribution in [0.3, 0.4) is 0 Å². The van der Waals surface area contributed by atoms with Crippen molar-refractivity contribution in [2.45, 2.75) is 59.3 Å². The minimum atomic E-state index is -0.771. The first kappa shape index (κ1) is 26.2. The Morgan fingerprint density at radius 2 is 1.39 bits per heavy atom. The van der Waals surface area contributed by atoms with E-state index in [4.69, 9.17) is 4.74 Å². The number of H-pyrrole nitrogens is 2. The first-order valence-corrected chi connectivity index (χ1v) is 14.1. The summed E-state index contributed by atoms with van der Waals surface area (Å²) >= 11 is 2.95. The number of ether oxygens (including phenoxy) is 1. The van der Waals surface area contributed by atoms with Gasteiger partial charge in [0.25, 0.3) is 11.1 Å². The molecule has 0 bridgehead atoms. The second-order valence-electron chi connectivity index (χ2n) is 10.3. The van der Waals surface area contributed by atoms with Gasteiger partial charge in [0, 0.05) is 9.75 Å². The smallest absolute Gasteiger partial charge is 0.312 e. The molecule has 0 aromatic carbocycles. The monoisotopic (exact) mass is 556 g/mol. The Kier molecular flexibility index (Phi) is 6.72. The van der Waals surface area contributed by atoms with Gasteiger partial charge in [0.1, 0.15) is 9.66 Å². The minimum absolute atomic E-state index is 0.0905. The number of carbonyl (C=O) groups is 2. The number of fused-ring (bicyclic) bond motifs is 6. The molecule has 0 aliphatic heterocycles. The number of carbonyl (C=O) groups excluding carboxylic acids is 1. The number of carboxylic acid groups (broad SMARTS) is 1. The molecular formula is C26H28N4O6S2. The Hall–Kier alpha value is -3.38. The van der Waals surface area contributed by atoms with E-state index in [2.05, 4.69) is 19.9 Å². The third kappa shape index (κ3) is 4.45. The van der Waals surface area contributed by atoms with E-state index < -0.39 is 16.8 Å². The molecule has 4 heterocycles. The zero-order chi connectivity index (χ0) is 27.2. The van der Waals surface area contributed by atoms with Crippen molar-refractivity contribution < 1.29 is 19.4 Å². The summed E-state index contributed by atoms with van der Waals surface area (Å²) in [6.07, 6.45) is 6.56. The Labute approximate surface area is 225 Å². The van der Waals surface area contributed by atoms with E-state index in [1.165, 1.54) is 35.3 Å². The van der Waals surface area contributed by atoms with Crippen molar-refractivity contribution in [2.24, 2.45) is 10.8 Å². The maximum atomic E-state index is 12.1. The molecule has 3 N–H and O–H groups in total. The molecule has 200 valence electrons. The molecule has 0 radical (unpaired) electrons. The predicted molar refractivity (Wildman–Crippen MR) is 145 cm³/mol. The first-order valence-electron chi connectivity index (χ1n) is 12.4.